The topological polar surface area (TPSA) is 108 Å². The smallest absolute Gasteiger partial charge is 0.462 e. The molecule has 0 bridgehead atoms. The maximum absolute atomic E-state index is 12.7. The molecule has 0 rings (SSSR count). The normalized spacial score (nSPS) is 13.7. The molecular formula is C48H93NO8P+. The molecule has 0 aliphatic carbocycles. The van der Waals surface area contributed by atoms with Gasteiger partial charge in [0.1, 0.15) is 19.8 Å². The highest BCUT2D eigenvalue weighted by atomic mass is 31.2. The average Bonchev–Trinajstić information content (AvgIpc) is 3.17. The van der Waals surface area contributed by atoms with Gasteiger partial charge in [0.2, 0.25) is 0 Å². The lowest BCUT2D eigenvalue weighted by molar-refractivity contribution is -0.870. The number of carbonyl (C=O) groups is 2. The van der Waals surface area contributed by atoms with Crippen molar-refractivity contribution < 1.29 is 42.1 Å². The van der Waals surface area contributed by atoms with E-state index in [-0.39, 0.29) is 32.0 Å². The third-order valence-electron chi connectivity index (χ3n) is 10.5. The predicted octanol–water partition coefficient (Wildman–Crippen LogP) is 13.9. The minimum absolute atomic E-state index is 0.0332. The van der Waals surface area contributed by atoms with Gasteiger partial charge in [-0.3, -0.25) is 18.6 Å². The van der Waals surface area contributed by atoms with Gasteiger partial charge in [0, 0.05) is 12.8 Å². The molecule has 0 aromatic carbocycles. The number of unbranched alkanes of at least 4 members (excludes halogenated alkanes) is 26. The Morgan fingerprint density at radius 2 is 0.931 bits per heavy atom. The minimum Gasteiger partial charge on any atom is -0.462 e. The summed E-state index contributed by atoms with van der Waals surface area (Å²) in [6.45, 7) is 4.42. The summed E-state index contributed by atoms with van der Waals surface area (Å²) in [5.41, 5.74) is 0. The van der Waals surface area contributed by atoms with E-state index in [9.17, 15) is 19.0 Å². The fraction of sp³-hybridized carbons (Fsp3) is 0.875. The van der Waals surface area contributed by atoms with Gasteiger partial charge in [0.05, 0.1) is 27.7 Å². The van der Waals surface area contributed by atoms with Crippen molar-refractivity contribution >= 4 is 19.8 Å². The molecule has 0 aromatic heterocycles. The number of carbonyl (C=O) groups excluding carboxylic acids is 2. The van der Waals surface area contributed by atoms with Gasteiger partial charge in [-0.1, -0.05) is 186 Å². The summed E-state index contributed by atoms with van der Waals surface area (Å²) < 4.78 is 34.4. The third kappa shape index (κ3) is 44.1. The average molecular weight is 843 g/mol. The Kier molecular flexibility index (Phi) is 39.8. The van der Waals surface area contributed by atoms with E-state index in [1.807, 2.05) is 21.1 Å². The molecule has 9 nitrogen and oxygen atoms in total. The van der Waals surface area contributed by atoms with Crippen molar-refractivity contribution in [1.29, 1.82) is 0 Å². The number of rotatable bonds is 44. The standard InChI is InChI=1S/C48H92NO8P/c1-6-8-10-12-14-16-18-20-22-23-24-25-27-28-30-32-34-36-38-40-47(50)54-44-46(45-56-58(52,53)55-43-42-49(3,4)5)57-48(51)41-39-37-35-33-31-29-26-21-19-17-15-13-11-9-7-2/h14,16,20,22,46H,6-13,15,17-19,21,23-45H2,1-5H3/p+1/b16-14-,22-20-/t46-/m1/s1. The first kappa shape index (κ1) is 56.5. The van der Waals surface area contributed by atoms with Crippen LogP contribution in [0.5, 0.6) is 0 Å². The summed E-state index contributed by atoms with van der Waals surface area (Å²) in [7, 11) is 1.48. The molecule has 1 unspecified atom stereocenters. The Morgan fingerprint density at radius 3 is 1.40 bits per heavy atom. The molecule has 1 N–H and O–H groups in total. The van der Waals surface area contributed by atoms with E-state index in [2.05, 4.69) is 38.2 Å². The van der Waals surface area contributed by atoms with E-state index in [1.165, 1.54) is 148 Å². The second-order valence-corrected chi connectivity index (χ2v) is 19.0. The lowest BCUT2D eigenvalue weighted by Crippen LogP contribution is -2.37. The Hall–Kier alpha value is -1.51. The highest BCUT2D eigenvalue weighted by Gasteiger charge is 2.27. The highest BCUT2D eigenvalue weighted by molar-refractivity contribution is 7.47. The van der Waals surface area contributed by atoms with Crippen molar-refractivity contribution in [2.75, 3.05) is 47.5 Å². The zero-order valence-electron chi connectivity index (χ0n) is 38.5. The van der Waals surface area contributed by atoms with Gasteiger partial charge in [0.25, 0.3) is 0 Å². The summed E-state index contributed by atoms with van der Waals surface area (Å²) in [5.74, 6) is -0.793. The summed E-state index contributed by atoms with van der Waals surface area (Å²) in [6, 6.07) is 0. The van der Waals surface area contributed by atoms with Crippen LogP contribution >= 0.6 is 7.82 Å². The highest BCUT2D eigenvalue weighted by Crippen LogP contribution is 2.43. The van der Waals surface area contributed by atoms with Gasteiger partial charge in [-0.25, -0.2) is 4.57 Å². The fourth-order valence-corrected chi connectivity index (χ4v) is 7.43. The lowest BCUT2D eigenvalue weighted by atomic mass is 10.0. The van der Waals surface area contributed by atoms with Gasteiger partial charge in [0.15, 0.2) is 6.10 Å². The molecule has 10 heteroatoms. The van der Waals surface area contributed by atoms with Crippen molar-refractivity contribution in [3.8, 4) is 0 Å². The number of hydrogen-bond donors (Lipinski definition) is 1. The zero-order chi connectivity index (χ0) is 42.8. The molecular weight excluding hydrogens is 750 g/mol. The molecule has 342 valence electrons. The number of esters is 2. The molecule has 0 aromatic rings. The number of hydrogen-bond acceptors (Lipinski definition) is 7. The summed E-state index contributed by atoms with van der Waals surface area (Å²) in [6.07, 6.45) is 45.0. The van der Waals surface area contributed by atoms with Crippen molar-refractivity contribution in [3.05, 3.63) is 24.3 Å². The van der Waals surface area contributed by atoms with Crippen molar-refractivity contribution in [2.45, 2.75) is 225 Å². The number of allylic oxidation sites excluding steroid dienone is 4. The van der Waals surface area contributed by atoms with E-state index in [0.29, 0.717) is 17.4 Å². The first-order chi connectivity index (χ1) is 28.0. The molecule has 0 saturated carbocycles. The van der Waals surface area contributed by atoms with Crippen molar-refractivity contribution in [1.82, 2.24) is 0 Å². The van der Waals surface area contributed by atoms with Gasteiger partial charge in [-0.15, -0.1) is 0 Å². The Bertz CT molecular complexity index is 1040. The maximum atomic E-state index is 12.7. The third-order valence-corrected chi connectivity index (χ3v) is 11.5. The monoisotopic (exact) mass is 843 g/mol. The second kappa shape index (κ2) is 40.9. The van der Waals surface area contributed by atoms with Crippen molar-refractivity contribution in [3.63, 3.8) is 0 Å². The van der Waals surface area contributed by atoms with E-state index in [1.54, 1.807) is 0 Å². The number of ether oxygens (including phenoxy) is 2. The van der Waals surface area contributed by atoms with E-state index in [0.717, 1.165) is 38.5 Å². The van der Waals surface area contributed by atoms with Crippen LogP contribution in [-0.2, 0) is 32.7 Å². The first-order valence-corrected chi connectivity index (χ1v) is 25.6. The first-order valence-electron chi connectivity index (χ1n) is 24.1. The number of quaternary nitrogens is 1. The lowest BCUT2D eigenvalue weighted by Gasteiger charge is -2.24. The predicted molar refractivity (Wildman–Crippen MR) is 243 cm³/mol. The molecule has 0 spiro atoms. The van der Waals surface area contributed by atoms with Gasteiger partial charge < -0.3 is 18.9 Å². The minimum atomic E-state index is -4.37. The Morgan fingerprint density at radius 1 is 0.534 bits per heavy atom. The largest absolute Gasteiger partial charge is 0.472 e. The second-order valence-electron chi connectivity index (χ2n) is 17.5. The van der Waals surface area contributed by atoms with Crippen LogP contribution in [0.2, 0.25) is 0 Å². The number of phosphoric acid groups is 1. The molecule has 0 radical (unpaired) electrons. The molecule has 0 aliphatic rings. The zero-order valence-corrected chi connectivity index (χ0v) is 39.4. The van der Waals surface area contributed by atoms with E-state index in [4.69, 9.17) is 18.5 Å². The quantitative estimate of drug-likeness (QED) is 0.0212. The number of phosphoric ester groups is 1. The SMILES string of the molecule is CCCCC/C=C\C/C=C\CCCCCCCCCCCC(=O)OC[C@H](COP(=O)(O)OCC[N+](C)(C)C)OC(=O)CCCCCCCCCCCCCCCCC. The van der Waals surface area contributed by atoms with Crippen LogP contribution in [0.1, 0.15) is 219 Å². The number of nitrogens with zero attached hydrogens (tertiary/aromatic N) is 1. The molecule has 0 fully saturated rings. The Labute approximate surface area is 358 Å². The van der Waals surface area contributed by atoms with Crippen LogP contribution in [0, 0.1) is 0 Å². The number of likely N-dealkylation sites (N-methyl/N-ethyl adjacent to an activating group) is 1. The van der Waals surface area contributed by atoms with Crippen LogP contribution < -0.4 is 0 Å². The molecule has 0 saturated heterocycles. The van der Waals surface area contributed by atoms with Crippen LogP contribution in [0.25, 0.3) is 0 Å². The summed E-state index contributed by atoms with van der Waals surface area (Å²) in [5, 5.41) is 0. The van der Waals surface area contributed by atoms with Gasteiger partial charge in [-0.05, 0) is 44.9 Å². The van der Waals surface area contributed by atoms with E-state index < -0.39 is 26.5 Å². The molecule has 0 heterocycles. The van der Waals surface area contributed by atoms with Crippen LogP contribution in [-0.4, -0.2) is 74.9 Å². The van der Waals surface area contributed by atoms with Crippen LogP contribution in [0.3, 0.4) is 0 Å². The van der Waals surface area contributed by atoms with E-state index >= 15 is 0 Å². The molecule has 0 amide bonds. The van der Waals surface area contributed by atoms with Crippen LogP contribution in [0.4, 0.5) is 0 Å². The van der Waals surface area contributed by atoms with Gasteiger partial charge >= 0.3 is 19.8 Å². The van der Waals surface area contributed by atoms with Gasteiger partial charge in [-0.2, -0.15) is 0 Å². The fourth-order valence-electron chi connectivity index (χ4n) is 6.69. The summed E-state index contributed by atoms with van der Waals surface area (Å²) >= 11 is 0. The molecule has 58 heavy (non-hydrogen) atoms. The van der Waals surface area contributed by atoms with Crippen molar-refractivity contribution in [2.24, 2.45) is 0 Å². The summed E-state index contributed by atoms with van der Waals surface area (Å²) in [4.78, 5) is 35.5. The molecule has 2 atom stereocenters. The maximum Gasteiger partial charge on any atom is 0.472 e. The molecule has 0 aliphatic heterocycles. The van der Waals surface area contributed by atoms with Crippen LogP contribution in [0.15, 0.2) is 24.3 Å². The Balaban J connectivity index is 4.27.